The average molecular weight is 220 g/mol. The van der Waals surface area contributed by atoms with E-state index < -0.39 is 0 Å². The molecule has 3 heteroatoms. The van der Waals surface area contributed by atoms with E-state index in [1.165, 1.54) is 19.3 Å². The minimum Gasteiger partial charge on any atom is -0.492 e. The van der Waals surface area contributed by atoms with Crippen molar-refractivity contribution in [3.05, 3.63) is 24.0 Å². The summed E-state index contributed by atoms with van der Waals surface area (Å²) in [5, 5.41) is 0. The molecule has 0 radical (unpaired) electrons. The molecule has 16 heavy (non-hydrogen) atoms. The van der Waals surface area contributed by atoms with Crippen molar-refractivity contribution in [1.29, 1.82) is 0 Å². The van der Waals surface area contributed by atoms with Crippen molar-refractivity contribution >= 4 is 0 Å². The Morgan fingerprint density at radius 3 is 2.88 bits per heavy atom. The Bertz CT molecular complexity index is 319. The Labute approximate surface area is 97.0 Å². The van der Waals surface area contributed by atoms with Gasteiger partial charge in [-0.1, -0.05) is 19.8 Å². The number of nitrogens with zero attached hydrogens (tertiary/aromatic N) is 1. The summed E-state index contributed by atoms with van der Waals surface area (Å²) in [4.78, 5) is 4.31. The van der Waals surface area contributed by atoms with Crippen LogP contribution in [0, 0.1) is 5.92 Å². The summed E-state index contributed by atoms with van der Waals surface area (Å²) >= 11 is 0. The molecule has 1 saturated carbocycles. The van der Waals surface area contributed by atoms with Gasteiger partial charge in [-0.2, -0.15) is 0 Å². The number of hydrogen-bond acceptors (Lipinski definition) is 3. The summed E-state index contributed by atoms with van der Waals surface area (Å²) in [5.74, 6) is 1.77. The highest BCUT2D eigenvalue weighted by Crippen LogP contribution is 2.32. The highest BCUT2D eigenvalue weighted by Gasteiger charge is 2.20. The average Bonchev–Trinajstić information content (AvgIpc) is 3.13. The third-order valence-electron chi connectivity index (χ3n) is 3.07. The van der Waals surface area contributed by atoms with Gasteiger partial charge in [0.15, 0.2) is 0 Å². The highest BCUT2D eigenvalue weighted by atomic mass is 16.5. The zero-order valence-corrected chi connectivity index (χ0v) is 9.86. The van der Waals surface area contributed by atoms with E-state index in [-0.39, 0.29) is 6.04 Å². The zero-order chi connectivity index (χ0) is 11.4. The van der Waals surface area contributed by atoms with Crippen molar-refractivity contribution in [3.63, 3.8) is 0 Å². The first-order valence-electron chi connectivity index (χ1n) is 6.14. The maximum Gasteiger partial charge on any atom is 0.137 e. The van der Waals surface area contributed by atoms with E-state index in [1.807, 2.05) is 12.1 Å². The second kappa shape index (κ2) is 5.30. The lowest BCUT2D eigenvalue weighted by molar-refractivity contribution is 0.301. The minimum atomic E-state index is 0.0421. The summed E-state index contributed by atoms with van der Waals surface area (Å²) in [6.45, 7) is 2.87. The molecule has 88 valence electrons. The minimum absolute atomic E-state index is 0.0421. The van der Waals surface area contributed by atoms with E-state index >= 15 is 0 Å². The molecule has 0 unspecified atom stereocenters. The normalized spacial score (nSPS) is 17.1. The zero-order valence-electron chi connectivity index (χ0n) is 9.86. The van der Waals surface area contributed by atoms with Gasteiger partial charge in [0, 0.05) is 6.04 Å². The molecule has 1 aromatic heterocycles. The highest BCUT2D eigenvalue weighted by molar-refractivity contribution is 5.21. The summed E-state index contributed by atoms with van der Waals surface area (Å²) in [7, 11) is 0. The predicted molar refractivity (Wildman–Crippen MR) is 64.3 cm³/mol. The van der Waals surface area contributed by atoms with Gasteiger partial charge in [0.1, 0.15) is 5.75 Å². The predicted octanol–water partition coefficient (Wildman–Crippen LogP) is 2.67. The number of nitrogens with two attached hydrogens (primary N) is 1. The molecule has 0 spiro atoms. The van der Waals surface area contributed by atoms with Gasteiger partial charge in [-0.05, 0) is 30.9 Å². The van der Waals surface area contributed by atoms with Crippen LogP contribution in [0.25, 0.3) is 0 Å². The van der Waals surface area contributed by atoms with Crippen LogP contribution in [0.3, 0.4) is 0 Å². The van der Waals surface area contributed by atoms with Gasteiger partial charge in [0.25, 0.3) is 0 Å². The molecule has 0 bridgehead atoms. The molecule has 2 N–H and O–H groups in total. The summed E-state index contributed by atoms with van der Waals surface area (Å²) < 4.78 is 5.62. The van der Waals surface area contributed by atoms with Crippen molar-refractivity contribution in [3.8, 4) is 5.75 Å². The molecule has 0 aliphatic heterocycles. The summed E-state index contributed by atoms with van der Waals surface area (Å²) in [5.41, 5.74) is 6.83. The first-order valence-corrected chi connectivity index (χ1v) is 6.14. The lowest BCUT2D eigenvalue weighted by Gasteiger charge is -2.09. The van der Waals surface area contributed by atoms with E-state index in [0.29, 0.717) is 0 Å². The van der Waals surface area contributed by atoms with Crippen molar-refractivity contribution < 1.29 is 4.74 Å². The Morgan fingerprint density at radius 1 is 1.50 bits per heavy atom. The number of ether oxygens (including phenoxy) is 1. The van der Waals surface area contributed by atoms with Crippen molar-refractivity contribution in [1.82, 2.24) is 4.98 Å². The molecule has 1 aliphatic carbocycles. The fourth-order valence-corrected chi connectivity index (χ4v) is 1.66. The third kappa shape index (κ3) is 3.20. The van der Waals surface area contributed by atoms with Crippen molar-refractivity contribution in [2.75, 3.05) is 6.61 Å². The first-order chi connectivity index (χ1) is 7.79. The molecule has 0 amide bonds. The third-order valence-corrected chi connectivity index (χ3v) is 3.07. The van der Waals surface area contributed by atoms with Crippen LogP contribution in [0.4, 0.5) is 0 Å². The Balaban J connectivity index is 1.80. The van der Waals surface area contributed by atoms with Crippen LogP contribution in [0.1, 0.15) is 44.3 Å². The van der Waals surface area contributed by atoms with E-state index in [0.717, 1.165) is 30.4 Å². The lowest BCUT2D eigenvalue weighted by atomic mass is 10.1. The van der Waals surface area contributed by atoms with Gasteiger partial charge in [0.2, 0.25) is 0 Å². The van der Waals surface area contributed by atoms with Crippen LogP contribution < -0.4 is 10.5 Å². The van der Waals surface area contributed by atoms with E-state index in [2.05, 4.69) is 11.9 Å². The topological polar surface area (TPSA) is 48.1 Å². The molecule has 2 rings (SSSR count). The monoisotopic (exact) mass is 220 g/mol. The maximum atomic E-state index is 5.89. The second-order valence-corrected chi connectivity index (χ2v) is 4.51. The van der Waals surface area contributed by atoms with E-state index in [9.17, 15) is 0 Å². The summed E-state index contributed by atoms with van der Waals surface area (Å²) in [6, 6.07) is 3.96. The molecule has 1 fully saturated rings. The lowest BCUT2D eigenvalue weighted by Crippen LogP contribution is -2.10. The molecule has 1 heterocycles. The smallest absolute Gasteiger partial charge is 0.137 e. The number of pyridine rings is 1. The van der Waals surface area contributed by atoms with Crippen LogP contribution in [-0.2, 0) is 0 Å². The van der Waals surface area contributed by atoms with Gasteiger partial charge >= 0.3 is 0 Å². The van der Waals surface area contributed by atoms with E-state index in [1.54, 1.807) is 6.20 Å². The maximum absolute atomic E-state index is 5.89. The Kier molecular flexibility index (Phi) is 3.78. The molecule has 1 atom stereocenters. The molecule has 1 aromatic rings. The summed E-state index contributed by atoms with van der Waals surface area (Å²) in [6.07, 6.45) is 6.63. The van der Waals surface area contributed by atoms with Crippen LogP contribution in [0.2, 0.25) is 0 Å². The van der Waals surface area contributed by atoms with Crippen LogP contribution >= 0.6 is 0 Å². The SMILES string of the molecule is CC[C@@H](N)c1ccc(OCCC2CC2)cn1. The molecular formula is C13H20N2O. The molecule has 0 aromatic carbocycles. The quantitative estimate of drug-likeness (QED) is 0.801. The van der Waals surface area contributed by atoms with Crippen LogP contribution in [0.5, 0.6) is 5.75 Å². The van der Waals surface area contributed by atoms with Crippen LogP contribution in [-0.4, -0.2) is 11.6 Å². The standard InChI is InChI=1S/C13H20N2O/c1-2-12(14)13-6-5-11(9-15-13)16-8-7-10-3-4-10/h5-6,9-10,12H,2-4,7-8,14H2,1H3/t12-/m1/s1. The number of aromatic nitrogens is 1. The number of hydrogen-bond donors (Lipinski definition) is 1. The van der Waals surface area contributed by atoms with Gasteiger partial charge in [0.05, 0.1) is 18.5 Å². The molecule has 3 nitrogen and oxygen atoms in total. The second-order valence-electron chi connectivity index (χ2n) is 4.51. The molecule has 0 saturated heterocycles. The Morgan fingerprint density at radius 2 is 2.31 bits per heavy atom. The Hall–Kier alpha value is -1.09. The van der Waals surface area contributed by atoms with Gasteiger partial charge in [-0.15, -0.1) is 0 Å². The van der Waals surface area contributed by atoms with Gasteiger partial charge in [-0.3, -0.25) is 4.98 Å². The van der Waals surface area contributed by atoms with Gasteiger partial charge in [-0.25, -0.2) is 0 Å². The van der Waals surface area contributed by atoms with E-state index in [4.69, 9.17) is 10.5 Å². The largest absolute Gasteiger partial charge is 0.492 e. The molecular weight excluding hydrogens is 200 g/mol. The first kappa shape index (κ1) is 11.4. The number of rotatable bonds is 6. The molecule has 1 aliphatic rings. The van der Waals surface area contributed by atoms with Crippen LogP contribution in [0.15, 0.2) is 18.3 Å². The van der Waals surface area contributed by atoms with Crippen molar-refractivity contribution in [2.45, 2.75) is 38.6 Å². The fraction of sp³-hybridized carbons (Fsp3) is 0.615. The van der Waals surface area contributed by atoms with Crippen molar-refractivity contribution in [2.24, 2.45) is 11.7 Å². The van der Waals surface area contributed by atoms with Gasteiger partial charge < -0.3 is 10.5 Å². The fourth-order valence-electron chi connectivity index (χ4n) is 1.66.